The fraction of sp³-hybridized carbons (Fsp3) is 0.833. The number of nitrogens with one attached hydrogen (secondary N) is 1. The summed E-state index contributed by atoms with van der Waals surface area (Å²) in [5, 5.41) is 11.5. The van der Waals surface area contributed by atoms with E-state index < -0.39 is 0 Å². The Hall–Kier alpha value is -1.43. The van der Waals surface area contributed by atoms with Crippen LogP contribution in [0.5, 0.6) is 0 Å². The number of piperidine rings is 1. The molecule has 134 valence electrons. The van der Waals surface area contributed by atoms with Crippen molar-refractivity contribution in [2.24, 2.45) is 0 Å². The molecule has 2 fully saturated rings. The first-order valence-electron chi connectivity index (χ1n) is 9.47. The van der Waals surface area contributed by atoms with Gasteiger partial charge in [-0.05, 0) is 38.8 Å². The Morgan fingerprint density at radius 2 is 1.88 bits per heavy atom. The fourth-order valence-electron chi connectivity index (χ4n) is 3.71. The Morgan fingerprint density at radius 3 is 2.50 bits per heavy atom. The zero-order chi connectivity index (χ0) is 16.9. The highest BCUT2D eigenvalue weighted by Crippen LogP contribution is 2.28. The van der Waals surface area contributed by atoms with E-state index >= 15 is 0 Å². The van der Waals surface area contributed by atoms with E-state index in [4.69, 9.17) is 4.42 Å². The molecule has 0 aromatic carbocycles. The predicted octanol–water partition coefficient (Wildman–Crippen LogP) is 2.82. The molecule has 2 aliphatic rings. The average Bonchev–Trinajstić information content (AvgIpc) is 3.07. The van der Waals surface area contributed by atoms with Gasteiger partial charge in [0.05, 0.1) is 6.54 Å². The first kappa shape index (κ1) is 17.4. The summed E-state index contributed by atoms with van der Waals surface area (Å²) in [6.45, 7) is 6.48. The molecule has 1 amide bonds. The second-order valence-corrected chi connectivity index (χ2v) is 7.59. The molecule has 0 unspecified atom stereocenters. The van der Waals surface area contributed by atoms with Crippen molar-refractivity contribution >= 4 is 5.91 Å². The van der Waals surface area contributed by atoms with Crippen molar-refractivity contribution in [1.82, 2.24) is 20.4 Å². The molecule has 1 aromatic rings. The summed E-state index contributed by atoms with van der Waals surface area (Å²) in [4.78, 5) is 14.5. The average molecular weight is 334 g/mol. The van der Waals surface area contributed by atoms with Crippen LogP contribution in [0.1, 0.15) is 82.4 Å². The van der Waals surface area contributed by atoms with Crippen LogP contribution in [0, 0.1) is 0 Å². The molecule has 24 heavy (non-hydrogen) atoms. The largest absolute Gasteiger partial charge is 0.425 e. The third kappa shape index (κ3) is 4.56. The predicted molar refractivity (Wildman–Crippen MR) is 91.8 cm³/mol. The summed E-state index contributed by atoms with van der Waals surface area (Å²) in [5.74, 6) is 2.28. The van der Waals surface area contributed by atoms with Crippen LogP contribution in [-0.4, -0.2) is 46.7 Å². The van der Waals surface area contributed by atoms with Crippen LogP contribution in [-0.2, 0) is 4.79 Å². The Balaban J connectivity index is 1.42. The molecule has 0 spiro atoms. The van der Waals surface area contributed by atoms with E-state index in [0.29, 0.717) is 18.5 Å². The van der Waals surface area contributed by atoms with Crippen LogP contribution in [0.25, 0.3) is 0 Å². The maximum atomic E-state index is 12.2. The van der Waals surface area contributed by atoms with E-state index in [-0.39, 0.29) is 11.8 Å². The Labute approximate surface area is 144 Å². The van der Waals surface area contributed by atoms with Crippen molar-refractivity contribution in [3.8, 4) is 0 Å². The van der Waals surface area contributed by atoms with Gasteiger partial charge in [0.1, 0.15) is 0 Å². The maximum Gasteiger partial charge on any atom is 0.234 e. The summed E-state index contributed by atoms with van der Waals surface area (Å²) >= 11 is 0. The first-order chi connectivity index (χ1) is 11.6. The summed E-state index contributed by atoms with van der Waals surface area (Å²) in [5.41, 5.74) is 0. The molecule has 0 radical (unpaired) electrons. The van der Waals surface area contributed by atoms with E-state index in [1.807, 2.05) is 0 Å². The van der Waals surface area contributed by atoms with Gasteiger partial charge in [-0.15, -0.1) is 10.2 Å². The molecule has 0 bridgehead atoms. The lowest BCUT2D eigenvalue weighted by Crippen LogP contribution is -2.44. The lowest BCUT2D eigenvalue weighted by Gasteiger charge is -2.30. The quantitative estimate of drug-likeness (QED) is 0.896. The van der Waals surface area contributed by atoms with Crippen LogP contribution >= 0.6 is 0 Å². The van der Waals surface area contributed by atoms with Crippen LogP contribution in [0.4, 0.5) is 0 Å². The molecule has 1 saturated carbocycles. The highest BCUT2D eigenvalue weighted by Gasteiger charge is 2.26. The van der Waals surface area contributed by atoms with Gasteiger partial charge >= 0.3 is 0 Å². The number of aromatic nitrogens is 2. The maximum absolute atomic E-state index is 12.2. The molecule has 1 aromatic heterocycles. The molecule has 1 saturated heterocycles. The first-order valence-corrected chi connectivity index (χ1v) is 9.47. The molecule has 3 rings (SSSR count). The Morgan fingerprint density at radius 1 is 1.17 bits per heavy atom. The number of rotatable bonds is 5. The highest BCUT2D eigenvalue weighted by atomic mass is 16.4. The number of nitrogens with zero attached hydrogens (tertiary/aromatic N) is 3. The zero-order valence-corrected chi connectivity index (χ0v) is 15.0. The molecular weight excluding hydrogens is 304 g/mol. The SMILES string of the molecule is CC(C)c1nnc(C2CCN(CC(=O)NC3CCCCC3)CC2)o1. The van der Waals surface area contributed by atoms with E-state index in [9.17, 15) is 4.79 Å². The van der Waals surface area contributed by atoms with Crippen LogP contribution in [0.3, 0.4) is 0 Å². The van der Waals surface area contributed by atoms with Gasteiger partial charge < -0.3 is 9.73 Å². The van der Waals surface area contributed by atoms with Crippen molar-refractivity contribution in [2.45, 2.75) is 76.7 Å². The lowest BCUT2D eigenvalue weighted by atomic mass is 9.95. The van der Waals surface area contributed by atoms with Gasteiger partial charge in [0.25, 0.3) is 0 Å². The third-order valence-electron chi connectivity index (χ3n) is 5.22. The molecular formula is C18H30N4O2. The highest BCUT2D eigenvalue weighted by molar-refractivity contribution is 5.78. The Kier molecular flexibility index (Phi) is 5.87. The summed E-state index contributed by atoms with van der Waals surface area (Å²) in [6, 6.07) is 0.400. The van der Waals surface area contributed by atoms with E-state index in [2.05, 4.69) is 34.3 Å². The molecule has 6 nitrogen and oxygen atoms in total. The Bertz CT molecular complexity index is 529. The molecule has 6 heteroatoms. The van der Waals surface area contributed by atoms with Crippen molar-refractivity contribution in [2.75, 3.05) is 19.6 Å². The minimum atomic E-state index is 0.181. The summed E-state index contributed by atoms with van der Waals surface area (Å²) in [7, 11) is 0. The monoisotopic (exact) mass is 334 g/mol. The van der Waals surface area contributed by atoms with E-state index in [1.165, 1.54) is 19.3 Å². The third-order valence-corrected chi connectivity index (χ3v) is 5.22. The summed E-state index contributed by atoms with van der Waals surface area (Å²) < 4.78 is 5.78. The molecule has 1 aliphatic carbocycles. The number of amides is 1. The lowest BCUT2D eigenvalue weighted by molar-refractivity contribution is -0.123. The summed E-state index contributed by atoms with van der Waals surface area (Å²) in [6.07, 6.45) is 8.06. The molecule has 2 heterocycles. The van der Waals surface area contributed by atoms with E-state index in [1.54, 1.807) is 0 Å². The zero-order valence-electron chi connectivity index (χ0n) is 15.0. The minimum Gasteiger partial charge on any atom is -0.425 e. The number of hydrogen-bond donors (Lipinski definition) is 1. The second-order valence-electron chi connectivity index (χ2n) is 7.59. The normalized spacial score (nSPS) is 21.3. The van der Waals surface area contributed by atoms with Gasteiger partial charge in [-0.3, -0.25) is 9.69 Å². The molecule has 0 atom stereocenters. The number of carbonyl (C=O) groups is 1. The second kappa shape index (κ2) is 8.10. The number of carbonyl (C=O) groups excluding carboxylic acids is 1. The smallest absolute Gasteiger partial charge is 0.234 e. The number of hydrogen-bond acceptors (Lipinski definition) is 5. The van der Waals surface area contributed by atoms with Crippen molar-refractivity contribution < 1.29 is 9.21 Å². The topological polar surface area (TPSA) is 71.3 Å². The van der Waals surface area contributed by atoms with Gasteiger partial charge in [0, 0.05) is 17.9 Å². The number of likely N-dealkylation sites (tertiary alicyclic amines) is 1. The van der Waals surface area contributed by atoms with Gasteiger partial charge in [-0.1, -0.05) is 33.1 Å². The molecule has 1 aliphatic heterocycles. The van der Waals surface area contributed by atoms with Gasteiger partial charge in [-0.2, -0.15) is 0 Å². The van der Waals surface area contributed by atoms with Gasteiger partial charge in [0.15, 0.2) is 0 Å². The van der Waals surface area contributed by atoms with Crippen LogP contribution in [0.2, 0.25) is 0 Å². The minimum absolute atomic E-state index is 0.181. The van der Waals surface area contributed by atoms with Crippen LogP contribution < -0.4 is 5.32 Å². The van der Waals surface area contributed by atoms with Gasteiger partial charge in [-0.25, -0.2) is 0 Å². The van der Waals surface area contributed by atoms with Crippen molar-refractivity contribution in [1.29, 1.82) is 0 Å². The van der Waals surface area contributed by atoms with Crippen molar-refractivity contribution in [3.63, 3.8) is 0 Å². The fourth-order valence-corrected chi connectivity index (χ4v) is 3.71. The van der Waals surface area contributed by atoms with Gasteiger partial charge in [0.2, 0.25) is 17.7 Å². The molecule has 1 N–H and O–H groups in total. The standard InChI is InChI=1S/C18H30N4O2/c1-13(2)17-20-21-18(24-17)14-8-10-22(11-9-14)12-16(23)19-15-6-4-3-5-7-15/h13-15H,3-12H2,1-2H3,(H,19,23). The van der Waals surface area contributed by atoms with Crippen LogP contribution in [0.15, 0.2) is 4.42 Å². The van der Waals surface area contributed by atoms with Crippen molar-refractivity contribution in [3.05, 3.63) is 11.8 Å². The van der Waals surface area contributed by atoms with E-state index in [0.717, 1.165) is 50.6 Å².